The molecule has 0 bridgehead atoms. The average molecular weight is 539 g/mol. The van der Waals surface area contributed by atoms with Crippen molar-refractivity contribution in [2.45, 2.75) is 4.43 Å². The van der Waals surface area contributed by atoms with E-state index >= 15 is 0 Å². The van der Waals surface area contributed by atoms with Crippen LogP contribution in [0.15, 0.2) is 54.9 Å². The number of nitrogens with one attached hydrogen (secondary N) is 1. The molecule has 1 aliphatic rings. The minimum atomic E-state index is 0.479. The molecular formula is C23H22IN7O-. The average Bonchev–Trinajstić information content (AvgIpc) is 2.84. The zero-order chi connectivity index (χ0) is 21.9. The summed E-state index contributed by atoms with van der Waals surface area (Å²) in [6.45, 7) is 2.82. The number of rotatable bonds is 5. The molecule has 0 unspecified atom stereocenters. The van der Waals surface area contributed by atoms with E-state index in [0.29, 0.717) is 25.0 Å². The molecule has 1 saturated heterocycles. The molecule has 0 saturated carbocycles. The Balaban J connectivity index is 1.61. The standard InChI is InChI=1S/C23H22IN7O/c24-12-18-21(16-5-6-20(25)27-13-16)29-23(31-7-9-32-10-8-31)30-22(18)28-17-11-15-3-1-2-4-19(15)26-14-17/h1-6,11,13-14H,7-10,12H2,(H2,25,27)(H,28,29,30)/q-1. The fourth-order valence-electron chi connectivity index (χ4n) is 3.67. The van der Waals surface area contributed by atoms with Crippen LogP contribution in [-0.2, 0) is 9.16 Å². The first-order valence-corrected chi connectivity index (χ1v) is 11.9. The van der Waals surface area contributed by atoms with Gasteiger partial charge in [0.15, 0.2) is 0 Å². The van der Waals surface area contributed by atoms with E-state index in [4.69, 9.17) is 20.4 Å². The maximum absolute atomic E-state index is 5.81. The Hall–Kier alpha value is -3.05. The fourth-order valence-corrected chi connectivity index (χ4v) is 4.39. The molecule has 163 valence electrons. The number of nitrogens with two attached hydrogens (primary N) is 1. The van der Waals surface area contributed by atoms with Gasteiger partial charge in [0, 0.05) is 30.2 Å². The van der Waals surface area contributed by atoms with Crippen LogP contribution in [0.3, 0.4) is 0 Å². The van der Waals surface area contributed by atoms with E-state index < -0.39 is 0 Å². The molecule has 1 aliphatic heterocycles. The van der Waals surface area contributed by atoms with Gasteiger partial charge in [0.1, 0.15) is 11.6 Å². The van der Waals surface area contributed by atoms with Crippen molar-refractivity contribution in [3.8, 4) is 11.3 Å². The second kappa shape index (κ2) is 9.21. The summed E-state index contributed by atoms with van der Waals surface area (Å²) in [5.41, 5.74) is 10.4. The summed E-state index contributed by atoms with van der Waals surface area (Å²) in [5.74, 6) is 1.91. The number of hydrogen-bond acceptors (Lipinski definition) is 8. The topological polar surface area (TPSA) is 102 Å². The molecule has 8 nitrogen and oxygen atoms in total. The highest BCUT2D eigenvalue weighted by molar-refractivity contribution is 5.83. The Morgan fingerprint density at radius 1 is 1.03 bits per heavy atom. The van der Waals surface area contributed by atoms with Gasteiger partial charge in [0.05, 0.1) is 36.3 Å². The largest absolute Gasteiger partial charge is 0.792 e. The number of benzene rings is 1. The van der Waals surface area contributed by atoms with Crippen molar-refractivity contribution >= 4 is 34.2 Å². The van der Waals surface area contributed by atoms with Crippen LogP contribution < -0.4 is 38.5 Å². The molecular weight excluding hydrogens is 517 g/mol. The highest BCUT2D eigenvalue weighted by Crippen LogP contribution is 2.31. The molecule has 4 heterocycles. The molecule has 9 heteroatoms. The number of ether oxygens (including phenoxy) is 1. The summed E-state index contributed by atoms with van der Waals surface area (Å²) in [6.07, 6.45) is 3.60. The van der Waals surface area contributed by atoms with Gasteiger partial charge in [-0.1, -0.05) is 18.2 Å². The highest BCUT2D eigenvalue weighted by atomic mass is 127. The van der Waals surface area contributed by atoms with Crippen LogP contribution >= 0.6 is 0 Å². The lowest BCUT2D eigenvalue weighted by atomic mass is 10.1. The summed E-state index contributed by atoms with van der Waals surface area (Å²) < 4.78 is 6.24. The predicted octanol–water partition coefficient (Wildman–Crippen LogP) is 0.302. The molecule has 3 aromatic heterocycles. The monoisotopic (exact) mass is 539 g/mol. The first-order valence-electron chi connectivity index (χ1n) is 10.3. The zero-order valence-corrected chi connectivity index (χ0v) is 19.5. The van der Waals surface area contributed by atoms with Crippen molar-refractivity contribution in [3.63, 3.8) is 0 Å². The lowest BCUT2D eigenvalue weighted by Crippen LogP contribution is -3.33. The van der Waals surface area contributed by atoms with Gasteiger partial charge in [-0.3, -0.25) is 4.98 Å². The van der Waals surface area contributed by atoms with Gasteiger partial charge in [-0.2, -0.15) is 4.98 Å². The number of alkyl halides is 1. The third-order valence-electron chi connectivity index (χ3n) is 5.34. The van der Waals surface area contributed by atoms with Gasteiger partial charge >= 0.3 is 0 Å². The molecule has 1 fully saturated rings. The van der Waals surface area contributed by atoms with Crippen LogP contribution in [0, 0.1) is 0 Å². The number of aromatic nitrogens is 4. The molecule has 0 amide bonds. The fraction of sp³-hybridized carbons (Fsp3) is 0.217. The van der Waals surface area contributed by atoms with E-state index in [9.17, 15) is 0 Å². The first-order chi connectivity index (χ1) is 15.7. The molecule has 0 atom stereocenters. The highest BCUT2D eigenvalue weighted by Gasteiger charge is 2.19. The van der Waals surface area contributed by atoms with E-state index in [1.165, 1.54) is 0 Å². The van der Waals surface area contributed by atoms with Crippen molar-refractivity contribution in [1.29, 1.82) is 0 Å². The number of nitrogens with zero attached hydrogens (tertiary/aromatic N) is 5. The summed E-state index contributed by atoms with van der Waals surface area (Å²) >= 11 is 2.35. The minimum absolute atomic E-state index is 0.479. The zero-order valence-electron chi connectivity index (χ0n) is 17.3. The first kappa shape index (κ1) is 20.8. The molecule has 3 N–H and O–H groups in total. The van der Waals surface area contributed by atoms with Crippen LogP contribution in [-0.4, -0.2) is 46.2 Å². The quantitative estimate of drug-likeness (QED) is 0.276. The van der Waals surface area contributed by atoms with Crippen LogP contribution in [0.2, 0.25) is 0 Å². The van der Waals surface area contributed by atoms with E-state index in [1.807, 2.05) is 30.5 Å². The molecule has 1 aromatic carbocycles. The van der Waals surface area contributed by atoms with Gasteiger partial charge in [0.2, 0.25) is 5.95 Å². The number of anilines is 4. The van der Waals surface area contributed by atoms with Gasteiger partial charge in [-0.05, 0) is 29.8 Å². The Kier molecular flexibility index (Phi) is 5.99. The Morgan fingerprint density at radius 3 is 2.66 bits per heavy atom. The second-order valence-corrected chi connectivity index (χ2v) is 8.21. The van der Waals surface area contributed by atoms with Crippen molar-refractivity contribution in [2.24, 2.45) is 0 Å². The number of halogens is 1. The number of nitrogen functional groups attached to an aromatic ring is 1. The number of hydrogen-bond donors (Lipinski definition) is 2. The summed E-state index contributed by atoms with van der Waals surface area (Å²) in [6, 6.07) is 13.9. The molecule has 0 aliphatic carbocycles. The van der Waals surface area contributed by atoms with E-state index in [1.54, 1.807) is 12.3 Å². The van der Waals surface area contributed by atoms with E-state index in [2.05, 4.69) is 54.9 Å². The Bertz CT molecular complexity index is 1240. The molecule has 32 heavy (non-hydrogen) atoms. The Morgan fingerprint density at radius 2 is 1.88 bits per heavy atom. The molecule has 4 aromatic rings. The molecule has 0 spiro atoms. The van der Waals surface area contributed by atoms with E-state index in [0.717, 1.165) is 56.7 Å². The van der Waals surface area contributed by atoms with Gasteiger partial charge in [0.25, 0.3) is 0 Å². The number of morpholine rings is 1. The normalized spacial score (nSPS) is 14.0. The predicted molar refractivity (Wildman–Crippen MR) is 121 cm³/mol. The van der Waals surface area contributed by atoms with Crippen molar-refractivity contribution < 1.29 is 27.3 Å². The van der Waals surface area contributed by atoms with Gasteiger partial charge < -0.3 is 43.3 Å². The molecule has 5 rings (SSSR count). The third-order valence-corrected chi connectivity index (χ3v) is 6.10. The van der Waals surface area contributed by atoms with Crippen molar-refractivity contribution in [3.05, 3.63) is 60.4 Å². The smallest absolute Gasteiger partial charge is 0.228 e. The van der Waals surface area contributed by atoms with Gasteiger partial charge in [-0.25, -0.2) is 9.97 Å². The van der Waals surface area contributed by atoms with Crippen LogP contribution in [0.1, 0.15) is 5.56 Å². The number of pyridine rings is 2. The third kappa shape index (κ3) is 4.30. The summed E-state index contributed by atoms with van der Waals surface area (Å²) in [5, 5.41) is 4.56. The maximum Gasteiger partial charge on any atom is 0.228 e. The van der Waals surface area contributed by atoms with Gasteiger partial charge in [-0.15, -0.1) is 4.43 Å². The lowest BCUT2D eigenvalue weighted by molar-refractivity contribution is -0.386. The van der Waals surface area contributed by atoms with E-state index in [-0.39, 0.29) is 0 Å². The lowest BCUT2D eigenvalue weighted by Gasteiger charge is -2.28. The minimum Gasteiger partial charge on any atom is -0.792 e. The maximum atomic E-state index is 5.81. The SMILES string of the molecule is Nc1ccc(-c2nc(N3CCOCC3)nc(Nc3cnc4ccccc4c3)c2C[I-])cn1. The van der Waals surface area contributed by atoms with Crippen LogP contribution in [0.4, 0.5) is 23.3 Å². The van der Waals surface area contributed by atoms with Crippen LogP contribution in [0.5, 0.6) is 0 Å². The Labute approximate surface area is 199 Å². The second-order valence-electron chi connectivity index (χ2n) is 7.45. The van der Waals surface area contributed by atoms with Crippen molar-refractivity contribution in [1.82, 2.24) is 19.9 Å². The van der Waals surface area contributed by atoms with Crippen LogP contribution in [0.25, 0.3) is 22.2 Å². The summed E-state index contributed by atoms with van der Waals surface area (Å²) in [4.78, 5) is 20.9. The number of para-hydroxylation sites is 1. The summed E-state index contributed by atoms with van der Waals surface area (Å²) in [7, 11) is 0. The van der Waals surface area contributed by atoms with Crippen molar-refractivity contribution in [2.75, 3.05) is 42.3 Å². The molecule has 1 radical (unpaired) electrons. The number of fused-ring (bicyclic) bond motifs is 1.